The van der Waals surface area contributed by atoms with Gasteiger partial charge in [0.1, 0.15) is 13.2 Å². The average Bonchev–Trinajstić information content (AvgIpc) is 3.31. The van der Waals surface area contributed by atoms with Crippen LogP contribution in [0.25, 0.3) is 0 Å². The van der Waals surface area contributed by atoms with Crippen molar-refractivity contribution in [3.63, 3.8) is 0 Å². The van der Waals surface area contributed by atoms with Crippen LogP contribution in [0, 0.1) is 0 Å². The summed E-state index contributed by atoms with van der Waals surface area (Å²) < 4.78 is 16.8. The van der Waals surface area contributed by atoms with Gasteiger partial charge >= 0.3 is 17.9 Å². The largest absolute Gasteiger partial charge is 0.462 e. The van der Waals surface area contributed by atoms with Gasteiger partial charge in [-0.05, 0) is 77.0 Å². The molecule has 1 atom stereocenters. The van der Waals surface area contributed by atoms with Crippen LogP contribution in [0.4, 0.5) is 0 Å². The Morgan fingerprint density at radius 1 is 0.318 bits per heavy atom. The molecule has 66 heavy (non-hydrogen) atoms. The van der Waals surface area contributed by atoms with Gasteiger partial charge in [0, 0.05) is 19.3 Å². The van der Waals surface area contributed by atoms with Crippen molar-refractivity contribution in [2.75, 3.05) is 13.2 Å². The second-order valence-corrected chi connectivity index (χ2v) is 19.2. The normalized spacial score (nSPS) is 12.3. The van der Waals surface area contributed by atoms with E-state index in [0.29, 0.717) is 19.3 Å². The van der Waals surface area contributed by atoms with Gasteiger partial charge in [0.2, 0.25) is 0 Å². The molecule has 0 amide bonds. The molecule has 0 heterocycles. The van der Waals surface area contributed by atoms with Gasteiger partial charge in [-0.25, -0.2) is 0 Å². The van der Waals surface area contributed by atoms with Gasteiger partial charge in [-0.3, -0.25) is 14.4 Å². The molecule has 0 spiro atoms. The Morgan fingerprint density at radius 2 is 0.591 bits per heavy atom. The molecule has 0 bridgehead atoms. The third-order valence-electron chi connectivity index (χ3n) is 12.6. The van der Waals surface area contributed by atoms with E-state index in [9.17, 15) is 14.4 Å². The maximum Gasteiger partial charge on any atom is 0.306 e. The van der Waals surface area contributed by atoms with E-state index >= 15 is 0 Å². The summed E-state index contributed by atoms with van der Waals surface area (Å²) >= 11 is 0. The minimum Gasteiger partial charge on any atom is -0.462 e. The predicted octanol–water partition coefficient (Wildman–Crippen LogP) is 19.0. The molecule has 6 nitrogen and oxygen atoms in total. The number of carbonyl (C=O) groups is 3. The molecule has 0 fully saturated rings. The van der Waals surface area contributed by atoms with Gasteiger partial charge in [-0.1, -0.05) is 249 Å². The van der Waals surface area contributed by atoms with Gasteiger partial charge < -0.3 is 14.2 Å². The summed E-state index contributed by atoms with van der Waals surface area (Å²) in [5.74, 6) is -0.908. The number of carbonyl (C=O) groups excluding carboxylic acids is 3. The average molecular weight is 926 g/mol. The molecule has 0 rings (SSSR count). The zero-order valence-corrected chi connectivity index (χ0v) is 44.0. The number of allylic oxidation sites excluding steroid dienone is 8. The van der Waals surface area contributed by atoms with Gasteiger partial charge in [-0.15, -0.1) is 0 Å². The van der Waals surface area contributed by atoms with E-state index in [1.807, 2.05) is 0 Å². The number of ether oxygens (including phenoxy) is 3. The maximum atomic E-state index is 12.8. The van der Waals surface area contributed by atoms with Crippen LogP contribution in [-0.2, 0) is 28.6 Å². The third kappa shape index (κ3) is 52.3. The van der Waals surface area contributed by atoms with Gasteiger partial charge in [0.25, 0.3) is 0 Å². The van der Waals surface area contributed by atoms with E-state index in [4.69, 9.17) is 14.2 Å². The molecule has 384 valence electrons. The Balaban J connectivity index is 4.35. The molecular formula is C60H108O6. The molecule has 1 unspecified atom stereocenters. The summed E-state index contributed by atoms with van der Waals surface area (Å²) in [7, 11) is 0. The molecule has 0 saturated heterocycles. The van der Waals surface area contributed by atoms with E-state index in [0.717, 1.165) is 96.3 Å². The molecule has 6 heteroatoms. The number of esters is 3. The van der Waals surface area contributed by atoms with Crippen LogP contribution in [0.15, 0.2) is 48.6 Å². The first-order chi connectivity index (χ1) is 32.5. The quantitative estimate of drug-likeness (QED) is 0.0262. The minimum absolute atomic E-state index is 0.0829. The molecule has 0 aliphatic heterocycles. The molecule has 0 N–H and O–H groups in total. The minimum atomic E-state index is -0.787. The number of hydrogen-bond donors (Lipinski definition) is 0. The first kappa shape index (κ1) is 63.4. The van der Waals surface area contributed by atoms with Crippen LogP contribution in [0.3, 0.4) is 0 Å². The van der Waals surface area contributed by atoms with Crippen molar-refractivity contribution in [3.05, 3.63) is 48.6 Å². The van der Waals surface area contributed by atoms with Gasteiger partial charge in [0.15, 0.2) is 6.10 Å². The van der Waals surface area contributed by atoms with E-state index in [2.05, 4.69) is 69.4 Å². The molecule has 0 saturated carbocycles. The summed E-state index contributed by atoms with van der Waals surface area (Å²) in [6.45, 7) is 6.53. The van der Waals surface area contributed by atoms with Crippen LogP contribution in [0.1, 0.15) is 297 Å². The van der Waals surface area contributed by atoms with Gasteiger partial charge in [0.05, 0.1) is 0 Å². The molecule has 0 aliphatic carbocycles. The first-order valence-electron chi connectivity index (χ1n) is 28.6. The molecule has 0 radical (unpaired) electrons. The lowest BCUT2D eigenvalue weighted by molar-refractivity contribution is -0.167. The Kier molecular flexibility index (Phi) is 52.8. The van der Waals surface area contributed by atoms with E-state index in [1.165, 1.54) is 161 Å². The smallest absolute Gasteiger partial charge is 0.306 e. The Labute approximate surface area is 409 Å². The highest BCUT2D eigenvalue weighted by atomic mass is 16.6. The Bertz CT molecular complexity index is 1150. The number of unbranched alkanes of at least 4 members (excludes halogenated alkanes) is 33. The molecular weight excluding hydrogens is 817 g/mol. The number of hydrogen-bond acceptors (Lipinski definition) is 6. The summed E-state index contributed by atoms with van der Waals surface area (Å²) in [6.07, 6.45) is 66.8. The van der Waals surface area contributed by atoms with Crippen molar-refractivity contribution in [1.82, 2.24) is 0 Å². The summed E-state index contributed by atoms with van der Waals surface area (Å²) in [4.78, 5) is 38.1. The van der Waals surface area contributed by atoms with Crippen LogP contribution >= 0.6 is 0 Å². The van der Waals surface area contributed by atoms with Crippen molar-refractivity contribution in [1.29, 1.82) is 0 Å². The summed E-state index contributed by atoms with van der Waals surface area (Å²) in [5, 5.41) is 0. The van der Waals surface area contributed by atoms with E-state index < -0.39 is 6.10 Å². The Hall–Kier alpha value is -2.63. The zero-order chi connectivity index (χ0) is 47.9. The van der Waals surface area contributed by atoms with Crippen LogP contribution < -0.4 is 0 Å². The maximum absolute atomic E-state index is 12.8. The van der Waals surface area contributed by atoms with Crippen molar-refractivity contribution < 1.29 is 28.6 Å². The zero-order valence-electron chi connectivity index (χ0n) is 44.0. The topological polar surface area (TPSA) is 78.9 Å². The second kappa shape index (κ2) is 55.0. The monoisotopic (exact) mass is 925 g/mol. The van der Waals surface area contributed by atoms with Gasteiger partial charge in [-0.2, -0.15) is 0 Å². The van der Waals surface area contributed by atoms with E-state index in [-0.39, 0.29) is 31.1 Å². The first-order valence-corrected chi connectivity index (χ1v) is 28.6. The lowest BCUT2D eigenvalue weighted by atomic mass is 10.0. The Morgan fingerprint density at radius 3 is 0.955 bits per heavy atom. The van der Waals surface area contributed by atoms with Crippen LogP contribution in [0.5, 0.6) is 0 Å². The lowest BCUT2D eigenvalue weighted by Crippen LogP contribution is -2.30. The standard InChI is InChI=1S/C60H108O6/c1-4-7-10-13-16-19-22-25-27-29-30-31-33-35-38-41-44-47-50-53-59(62)65-56-57(55-64-58(61)52-49-46-43-40-37-34-24-21-18-15-12-9-6-3)66-60(63)54-51-48-45-42-39-36-32-28-26-23-20-17-14-11-8-5-2/h9,12,18,21,28,32,34,37,57H,4-8,10-11,13-17,19-20,22-27,29-31,33,35-36,38-56H2,1-3H3/b12-9-,21-18-,32-28-,37-34-. The highest BCUT2D eigenvalue weighted by Crippen LogP contribution is 2.16. The fraction of sp³-hybridized carbons (Fsp3) is 0.817. The molecule has 0 aromatic heterocycles. The van der Waals surface area contributed by atoms with E-state index in [1.54, 1.807) is 0 Å². The lowest BCUT2D eigenvalue weighted by Gasteiger charge is -2.18. The molecule has 0 aliphatic rings. The summed E-state index contributed by atoms with van der Waals surface area (Å²) in [6, 6.07) is 0. The molecule has 0 aromatic carbocycles. The fourth-order valence-electron chi connectivity index (χ4n) is 8.28. The van der Waals surface area contributed by atoms with Crippen molar-refractivity contribution in [3.8, 4) is 0 Å². The molecule has 0 aromatic rings. The predicted molar refractivity (Wildman–Crippen MR) is 284 cm³/mol. The fourth-order valence-corrected chi connectivity index (χ4v) is 8.28. The van der Waals surface area contributed by atoms with Crippen LogP contribution in [0.2, 0.25) is 0 Å². The van der Waals surface area contributed by atoms with Crippen molar-refractivity contribution in [2.45, 2.75) is 303 Å². The SMILES string of the molecule is CC/C=C\C/C=C\C/C=C\CCCCCC(=O)OCC(COC(=O)CCCCCCCCCCCCCCCCCCCCC)OC(=O)CCCCCCC/C=C\CCCCCCCCC. The second-order valence-electron chi connectivity index (χ2n) is 19.2. The van der Waals surface area contributed by atoms with Crippen molar-refractivity contribution in [2.24, 2.45) is 0 Å². The number of rotatable bonds is 52. The van der Waals surface area contributed by atoms with Crippen LogP contribution in [-0.4, -0.2) is 37.2 Å². The third-order valence-corrected chi connectivity index (χ3v) is 12.6. The van der Waals surface area contributed by atoms with Crippen molar-refractivity contribution >= 4 is 17.9 Å². The highest BCUT2D eigenvalue weighted by molar-refractivity contribution is 5.71. The highest BCUT2D eigenvalue weighted by Gasteiger charge is 2.19. The summed E-state index contributed by atoms with van der Waals surface area (Å²) in [5.41, 5.74) is 0.